The molecule has 1 aliphatic rings. The van der Waals surface area contributed by atoms with Crippen LogP contribution in [-0.2, 0) is 23.3 Å². The Kier molecular flexibility index (Phi) is 5.00. The Morgan fingerprint density at radius 3 is 2.66 bits per heavy atom. The largest absolute Gasteiger partial charge is 0.327 e. The van der Waals surface area contributed by atoms with E-state index in [2.05, 4.69) is 31.4 Å². The molecule has 6 nitrogen and oxygen atoms in total. The van der Waals surface area contributed by atoms with E-state index < -0.39 is 5.54 Å². The maximum absolute atomic E-state index is 13.0. The average molecular weight is 453 g/mol. The van der Waals surface area contributed by atoms with Gasteiger partial charge in [0.15, 0.2) is 5.82 Å². The molecule has 0 aliphatic carbocycles. The minimum Gasteiger partial charge on any atom is -0.327 e. The molecule has 0 saturated heterocycles. The van der Waals surface area contributed by atoms with Gasteiger partial charge in [0.25, 0.3) is 5.91 Å². The number of fused-ring (bicyclic) bond motifs is 1. The van der Waals surface area contributed by atoms with E-state index in [1.54, 1.807) is 18.2 Å². The van der Waals surface area contributed by atoms with Crippen LogP contribution in [0.4, 0.5) is 5.82 Å². The van der Waals surface area contributed by atoms with Crippen molar-refractivity contribution in [2.75, 3.05) is 5.32 Å². The van der Waals surface area contributed by atoms with Crippen LogP contribution in [0.5, 0.6) is 0 Å². The Labute approximate surface area is 177 Å². The van der Waals surface area contributed by atoms with Gasteiger partial charge < -0.3 is 10.2 Å². The molecule has 0 unspecified atom stereocenters. The van der Waals surface area contributed by atoms with Gasteiger partial charge in [-0.25, -0.2) is 0 Å². The molecule has 0 spiro atoms. The van der Waals surface area contributed by atoms with Crippen LogP contribution in [0.25, 0.3) is 0 Å². The van der Waals surface area contributed by atoms with Crippen LogP contribution in [-0.4, -0.2) is 26.9 Å². The topological polar surface area (TPSA) is 78.1 Å². The van der Waals surface area contributed by atoms with Crippen LogP contribution in [0, 0.1) is 0 Å². The second kappa shape index (κ2) is 7.48. The molecule has 2 amide bonds. The minimum absolute atomic E-state index is 0.0371. The van der Waals surface area contributed by atoms with E-state index in [4.69, 9.17) is 0 Å². The molecule has 0 radical (unpaired) electrons. The predicted octanol–water partition coefficient (Wildman–Crippen LogP) is 4.24. The zero-order valence-electron chi connectivity index (χ0n) is 16.2. The van der Waals surface area contributed by atoms with Crippen molar-refractivity contribution in [3.8, 4) is 0 Å². The van der Waals surface area contributed by atoms with Crippen LogP contribution < -0.4 is 5.32 Å². The molecule has 0 saturated carbocycles. The highest BCUT2D eigenvalue weighted by atomic mass is 79.9. The smallest absolute Gasteiger partial charge is 0.256 e. The van der Waals surface area contributed by atoms with Gasteiger partial charge >= 0.3 is 0 Å². The van der Waals surface area contributed by atoms with E-state index >= 15 is 0 Å². The molecule has 3 aromatic rings. The first-order valence-electron chi connectivity index (χ1n) is 9.35. The van der Waals surface area contributed by atoms with E-state index in [0.717, 1.165) is 21.3 Å². The van der Waals surface area contributed by atoms with Gasteiger partial charge in [-0.3, -0.25) is 14.7 Å². The summed E-state index contributed by atoms with van der Waals surface area (Å²) in [6, 6.07) is 16.9. The van der Waals surface area contributed by atoms with Crippen LogP contribution in [0.3, 0.4) is 0 Å². The summed E-state index contributed by atoms with van der Waals surface area (Å²) in [7, 11) is 0. The number of carbonyl (C=O) groups excluding carboxylic acids is 2. The molecule has 1 aromatic heterocycles. The van der Waals surface area contributed by atoms with Crippen LogP contribution in [0.15, 0.2) is 59.1 Å². The number of amides is 2. The fourth-order valence-corrected chi connectivity index (χ4v) is 4.09. The Balaban J connectivity index is 1.54. The molecular weight excluding hydrogens is 432 g/mol. The fraction of sp³-hybridized carbons (Fsp3) is 0.227. The summed E-state index contributed by atoms with van der Waals surface area (Å²) < 4.78 is 0.830. The number of hydrogen-bond acceptors (Lipinski definition) is 3. The SMILES string of the molecule is CC1(C)c2[nH]nc(NC(=O)c3cccc(Br)c3)c2CN1C(=O)Cc1ccccc1. The summed E-state index contributed by atoms with van der Waals surface area (Å²) in [6.45, 7) is 4.37. The predicted molar refractivity (Wildman–Crippen MR) is 114 cm³/mol. The van der Waals surface area contributed by atoms with Gasteiger partial charge in [0, 0.05) is 15.6 Å². The number of nitrogens with one attached hydrogen (secondary N) is 2. The summed E-state index contributed by atoms with van der Waals surface area (Å²) in [6.07, 6.45) is 0.335. The van der Waals surface area contributed by atoms with Gasteiger partial charge in [0.05, 0.1) is 24.2 Å². The number of H-pyrrole nitrogens is 1. The number of nitrogens with zero attached hydrogens (tertiary/aromatic N) is 2. The fourth-order valence-electron chi connectivity index (χ4n) is 3.69. The second-order valence-electron chi connectivity index (χ2n) is 7.59. The van der Waals surface area contributed by atoms with Gasteiger partial charge in [0.2, 0.25) is 5.91 Å². The van der Waals surface area contributed by atoms with Crippen molar-refractivity contribution in [3.05, 3.63) is 81.5 Å². The van der Waals surface area contributed by atoms with Gasteiger partial charge in [-0.05, 0) is 37.6 Å². The standard InChI is InChI=1S/C22H21BrN4O2/c1-22(2)19-17(13-27(22)18(28)11-14-7-4-3-5-8-14)20(26-25-19)24-21(29)15-9-6-10-16(23)12-15/h3-10,12H,11,13H2,1-2H3,(H2,24,25,26,29). The number of rotatable bonds is 4. The first kappa shape index (κ1) is 19.4. The molecular formula is C22H21BrN4O2. The molecule has 29 heavy (non-hydrogen) atoms. The number of carbonyl (C=O) groups is 2. The summed E-state index contributed by atoms with van der Waals surface area (Å²) in [5.74, 6) is 0.260. The monoisotopic (exact) mass is 452 g/mol. The van der Waals surface area contributed by atoms with E-state index in [0.29, 0.717) is 24.3 Å². The number of benzene rings is 2. The number of aromatic nitrogens is 2. The molecule has 2 N–H and O–H groups in total. The van der Waals surface area contributed by atoms with Crippen LogP contribution in [0.1, 0.15) is 41.0 Å². The summed E-state index contributed by atoms with van der Waals surface area (Å²) >= 11 is 3.38. The highest BCUT2D eigenvalue weighted by Gasteiger charge is 2.43. The number of hydrogen-bond donors (Lipinski definition) is 2. The molecule has 0 fully saturated rings. The lowest BCUT2D eigenvalue weighted by Crippen LogP contribution is -2.41. The highest BCUT2D eigenvalue weighted by molar-refractivity contribution is 9.10. The Morgan fingerprint density at radius 2 is 1.93 bits per heavy atom. The zero-order chi connectivity index (χ0) is 20.6. The van der Waals surface area contributed by atoms with Crippen molar-refractivity contribution < 1.29 is 9.59 Å². The summed E-state index contributed by atoms with van der Waals surface area (Å²) in [5, 5.41) is 10.2. The highest BCUT2D eigenvalue weighted by Crippen LogP contribution is 2.40. The van der Waals surface area contributed by atoms with E-state index in [1.165, 1.54) is 0 Å². The number of aromatic amines is 1. The normalized spacial score (nSPS) is 14.5. The average Bonchev–Trinajstić information content (AvgIpc) is 3.21. The Hall–Kier alpha value is -2.93. The summed E-state index contributed by atoms with van der Waals surface area (Å²) in [4.78, 5) is 27.4. The lowest BCUT2D eigenvalue weighted by atomic mass is 10.00. The van der Waals surface area contributed by atoms with Gasteiger partial charge in [0.1, 0.15) is 0 Å². The maximum Gasteiger partial charge on any atom is 0.256 e. The third-order valence-electron chi connectivity index (χ3n) is 5.29. The molecule has 4 rings (SSSR count). The molecule has 0 atom stereocenters. The van der Waals surface area contributed by atoms with Crippen molar-refractivity contribution in [3.63, 3.8) is 0 Å². The third-order valence-corrected chi connectivity index (χ3v) is 5.78. The summed E-state index contributed by atoms with van der Waals surface area (Å²) in [5.41, 5.74) is 2.67. The van der Waals surface area contributed by atoms with Crippen molar-refractivity contribution in [2.24, 2.45) is 0 Å². The Bertz CT molecular complexity index is 1080. The molecule has 148 valence electrons. The Morgan fingerprint density at radius 1 is 1.17 bits per heavy atom. The van der Waals surface area contributed by atoms with Gasteiger partial charge in [-0.1, -0.05) is 52.3 Å². The van der Waals surface area contributed by atoms with Gasteiger partial charge in [-0.2, -0.15) is 5.10 Å². The third kappa shape index (κ3) is 3.70. The molecule has 2 aromatic carbocycles. The van der Waals surface area contributed by atoms with E-state index in [-0.39, 0.29) is 11.8 Å². The first-order chi connectivity index (χ1) is 13.9. The van der Waals surface area contributed by atoms with Crippen molar-refractivity contribution in [1.82, 2.24) is 15.1 Å². The maximum atomic E-state index is 13.0. The quantitative estimate of drug-likeness (QED) is 0.620. The zero-order valence-corrected chi connectivity index (χ0v) is 17.8. The van der Waals surface area contributed by atoms with Crippen molar-refractivity contribution >= 4 is 33.6 Å². The minimum atomic E-state index is -0.535. The van der Waals surface area contributed by atoms with E-state index in [1.807, 2.05) is 55.1 Å². The van der Waals surface area contributed by atoms with Crippen LogP contribution in [0.2, 0.25) is 0 Å². The number of halogens is 1. The molecule has 2 heterocycles. The number of anilines is 1. The lowest BCUT2D eigenvalue weighted by molar-refractivity contribution is -0.135. The van der Waals surface area contributed by atoms with Crippen LogP contribution >= 0.6 is 15.9 Å². The second-order valence-corrected chi connectivity index (χ2v) is 8.51. The molecule has 0 bridgehead atoms. The van der Waals surface area contributed by atoms with Crippen molar-refractivity contribution in [2.45, 2.75) is 32.4 Å². The van der Waals surface area contributed by atoms with Crippen molar-refractivity contribution in [1.29, 1.82) is 0 Å². The van der Waals surface area contributed by atoms with Gasteiger partial charge in [-0.15, -0.1) is 0 Å². The van der Waals surface area contributed by atoms with E-state index in [9.17, 15) is 9.59 Å². The lowest BCUT2D eigenvalue weighted by Gasteiger charge is -2.32. The molecule has 7 heteroatoms. The first-order valence-corrected chi connectivity index (χ1v) is 10.1. The molecule has 1 aliphatic heterocycles.